The molecule has 1 aliphatic heterocycles. The number of aromatic hydroxyl groups is 1. The molecule has 0 bridgehead atoms. The lowest BCUT2D eigenvalue weighted by molar-refractivity contribution is 0.0955. The number of hydrogen-bond acceptors (Lipinski definition) is 5. The van der Waals surface area contributed by atoms with Crippen molar-refractivity contribution in [2.75, 3.05) is 37.6 Å². The monoisotopic (exact) mass is 415 g/mol. The van der Waals surface area contributed by atoms with Crippen LogP contribution in [0.4, 0.5) is 5.00 Å². The number of anilines is 1. The highest BCUT2D eigenvalue weighted by molar-refractivity contribution is 7.14. The summed E-state index contributed by atoms with van der Waals surface area (Å²) in [7, 11) is 0. The van der Waals surface area contributed by atoms with E-state index in [4.69, 9.17) is 0 Å². The molecule has 1 saturated heterocycles. The van der Waals surface area contributed by atoms with Crippen molar-refractivity contribution in [1.29, 1.82) is 0 Å². The highest BCUT2D eigenvalue weighted by Crippen LogP contribution is 2.24. The summed E-state index contributed by atoms with van der Waals surface area (Å²) < 4.78 is 0. The fraction of sp³-hybridized carbons (Fsp3) is 0.429. The van der Waals surface area contributed by atoms with Gasteiger partial charge in [0.05, 0.1) is 11.5 Å². The highest BCUT2D eigenvalue weighted by Gasteiger charge is 2.20. The molecule has 4 N–H and O–H groups in total. The van der Waals surface area contributed by atoms with E-state index < -0.39 is 0 Å². The van der Waals surface area contributed by atoms with Gasteiger partial charge in [-0.25, -0.2) is 0 Å². The molecule has 0 radical (unpaired) electrons. The van der Waals surface area contributed by atoms with Gasteiger partial charge in [-0.15, -0.1) is 11.3 Å². The molecule has 8 heteroatoms. The van der Waals surface area contributed by atoms with Crippen molar-refractivity contribution in [3.63, 3.8) is 0 Å². The topological polar surface area (TPSA) is 89.0 Å². The van der Waals surface area contributed by atoms with E-state index in [-0.39, 0.29) is 11.7 Å². The van der Waals surface area contributed by atoms with Gasteiger partial charge in [0.15, 0.2) is 5.96 Å². The number of phenols is 1. The van der Waals surface area contributed by atoms with Gasteiger partial charge in [0.1, 0.15) is 5.75 Å². The van der Waals surface area contributed by atoms with Crippen LogP contribution in [0.3, 0.4) is 0 Å². The number of nitrogens with one attached hydrogen (secondary N) is 3. The van der Waals surface area contributed by atoms with E-state index in [1.807, 2.05) is 6.92 Å². The molecule has 3 rings (SSSR count). The summed E-state index contributed by atoms with van der Waals surface area (Å²) in [5, 5.41) is 22.4. The Labute approximate surface area is 175 Å². The molecular weight excluding hydrogens is 386 g/mol. The fourth-order valence-corrected chi connectivity index (χ4v) is 4.04. The second-order valence-corrected chi connectivity index (χ2v) is 7.85. The zero-order chi connectivity index (χ0) is 20.5. The third-order valence-corrected chi connectivity index (χ3v) is 5.72. The highest BCUT2D eigenvalue weighted by atomic mass is 32.1. The molecule has 2 aromatic rings. The summed E-state index contributed by atoms with van der Waals surface area (Å²) in [6.45, 7) is 5.86. The molecule has 0 unspecified atom stereocenters. The van der Waals surface area contributed by atoms with E-state index in [0.717, 1.165) is 38.4 Å². The normalized spacial score (nSPS) is 15.2. The number of carbonyl (C=O) groups is 1. The molecule has 0 saturated carbocycles. The second-order valence-electron chi connectivity index (χ2n) is 6.92. The lowest BCUT2D eigenvalue weighted by Crippen LogP contribution is -2.48. The Balaban J connectivity index is 1.42. The third kappa shape index (κ3) is 6.39. The van der Waals surface area contributed by atoms with Gasteiger partial charge in [-0.3, -0.25) is 9.79 Å². The fourth-order valence-electron chi connectivity index (χ4n) is 3.26. The van der Waals surface area contributed by atoms with Crippen molar-refractivity contribution >= 4 is 28.2 Å². The first-order valence-corrected chi connectivity index (χ1v) is 10.9. The van der Waals surface area contributed by atoms with E-state index in [2.05, 4.69) is 43.4 Å². The standard InChI is InChI=1S/C21H29N5O2S/c1-2-22-21(24-12-11-23-20(28)16-5-7-18(27)8-6-16)25-17-9-13-26(14-10-17)19-4-3-15-29-19/h3-8,15,17,27H,2,9-14H2,1H3,(H,23,28)(H2,22,24,25). The summed E-state index contributed by atoms with van der Waals surface area (Å²) in [4.78, 5) is 19.1. The minimum atomic E-state index is -0.167. The van der Waals surface area contributed by atoms with E-state index in [1.165, 1.54) is 17.1 Å². The maximum Gasteiger partial charge on any atom is 0.251 e. The first-order chi connectivity index (χ1) is 14.2. The number of aliphatic imine (C=N–C) groups is 1. The van der Waals surface area contributed by atoms with Gasteiger partial charge in [-0.1, -0.05) is 0 Å². The molecule has 156 valence electrons. The van der Waals surface area contributed by atoms with E-state index in [9.17, 15) is 9.90 Å². The van der Waals surface area contributed by atoms with Crippen LogP contribution in [0, 0.1) is 0 Å². The van der Waals surface area contributed by atoms with Gasteiger partial charge >= 0.3 is 0 Å². The minimum absolute atomic E-state index is 0.147. The van der Waals surface area contributed by atoms with Crippen LogP contribution in [0.2, 0.25) is 0 Å². The molecule has 1 aliphatic rings. The largest absolute Gasteiger partial charge is 0.508 e. The predicted octanol–water partition coefficient (Wildman–Crippen LogP) is 2.41. The summed E-state index contributed by atoms with van der Waals surface area (Å²) in [6, 6.07) is 10.9. The Hall–Kier alpha value is -2.74. The molecular formula is C21H29N5O2S. The smallest absolute Gasteiger partial charge is 0.251 e. The molecule has 0 spiro atoms. The maximum absolute atomic E-state index is 12.1. The Morgan fingerprint density at radius 2 is 1.97 bits per heavy atom. The summed E-state index contributed by atoms with van der Waals surface area (Å²) in [5.74, 6) is 0.772. The Morgan fingerprint density at radius 1 is 1.21 bits per heavy atom. The number of amides is 1. The van der Waals surface area contributed by atoms with Crippen LogP contribution in [-0.4, -0.2) is 55.7 Å². The lowest BCUT2D eigenvalue weighted by Gasteiger charge is -2.33. The SMILES string of the molecule is CCNC(=NCCNC(=O)c1ccc(O)cc1)NC1CCN(c2cccs2)CC1. The van der Waals surface area contributed by atoms with E-state index in [0.29, 0.717) is 24.7 Å². The first-order valence-electron chi connectivity index (χ1n) is 10.1. The van der Waals surface area contributed by atoms with Gasteiger partial charge in [0.2, 0.25) is 0 Å². The van der Waals surface area contributed by atoms with Gasteiger partial charge in [-0.2, -0.15) is 0 Å². The molecule has 0 atom stereocenters. The van der Waals surface area contributed by atoms with Crippen molar-refractivity contribution in [1.82, 2.24) is 16.0 Å². The molecule has 0 aliphatic carbocycles. The van der Waals surface area contributed by atoms with Gasteiger partial charge < -0.3 is 26.0 Å². The molecule has 1 aromatic heterocycles. The molecule has 1 amide bonds. The number of rotatable bonds is 7. The van der Waals surface area contributed by atoms with Crippen LogP contribution in [-0.2, 0) is 0 Å². The number of phenolic OH excluding ortho intramolecular Hbond substituents is 1. The maximum atomic E-state index is 12.1. The van der Waals surface area contributed by atoms with Crippen LogP contribution < -0.4 is 20.9 Å². The number of guanidine groups is 1. The van der Waals surface area contributed by atoms with Crippen LogP contribution in [0.5, 0.6) is 5.75 Å². The van der Waals surface area contributed by atoms with Crippen LogP contribution in [0.1, 0.15) is 30.1 Å². The average molecular weight is 416 g/mol. The van der Waals surface area contributed by atoms with Crippen molar-refractivity contribution < 1.29 is 9.90 Å². The van der Waals surface area contributed by atoms with Gasteiger partial charge in [0, 0.05) is 37.8 Å². The Morgan fingerprint density at radius 3 is 2.62 bits per heavy atom. The first kappa shape index (κ1) is 21.0. The lowest BCUT2D eigenvalue weighted by atomic mass is 10.1. The number of benzene rings is 1. The zero-order valence-corrected chi connectivity index (χ0v) is 17.5. The second kappa shape index (κ2) is 10.7. The molecule has 7 nitrogen and oxygen atoms in total. The predicted molar refractivity (Wildman–Crippen MR) is 119 cm³/mol. The zero-order valence-electron chi connectivity index (χ0n) is 16.7. The van der Waals surface area contributed by atoms with Crippen LogP contribution >= 0.6 is 11.3 Å². The van der Waals surface area contributed by atoms with E-state index >= 15 is 0 Å². The van der Waals surface area contributed by atoms with Crippen molar-refractivity contribution in [3.05, 3.63) is 47.3 Å². The average Bonchev–Trinajstić information content (AvgIpc) is 3.27. The summed E-state index contributed by atoms with van der Waals surface area (Å²) in [6.07, 6.45) is 2.14. The van der Waals surface area contributed by atoms with Gasteiger partial charge in [-0.05, 0) is 61.5 Å². The molecule has 1 aromatic carbocycles. The number of thiophene rings is 1. The Kier molecular flexibility index (Phi) is 7.75. The molecule has 29 heavy (non-hydrogen) atoms. The summed E-state index contributed by atoms with van der Waals surface area (Å²) in [5.41, 5.74) is 0.523. The molecule has 2 heterocycles. The molecule has 1 fully saturated rings. The van der Waals surface area contributed by atoms with Crippen molar-refractivity contribution in [2.24, 2.45) is 4.99 Å². The number of piperidine rings is 1. The van der Waals surface area contributed by atoms with Crippen LogP contribution in [0.25, 0.3) is 0 Å². The van der Waals surface area contributed by atoms with Crippen molar-refractivity contribution in [3.8, 4) is 5.75 Å². The Bertz CT molecular complexity index is 784. The van der Waals surface area contributed by atoms with Gasteiger partial charge in [0.25, 0.3) is 5.91 Å². The number of hydrogen-bond donors (Lipinski definition) is 4. The quantitative estimate of drug-likeness (QED) is 0.317. The third-order valence-electron chi connectivity index (χ3n) is 4.79. The number of carbonyl (C=O) groups excluding carboxylic acids is 1. The summed E-state index contributed by atoms with van der Waals surface area (Å²) >= 11 is 1.79. The van der Waals surface area contributed by atoms with Crippen LogP contribution in [0.15, 0.2) is 46.8 Å². The number of nitrogens with zero attached hydrogens (tertiary/aromatic N) is 2. The minimum Gasteiger partial charge on any atom is -0.508 e. The van der Waals surface area contributed by atoms with E-state index in [1.54, 1.807) is 23.5 Å². The van der Waals surface area contributed by atoms with Crippen molar-refractivity contribution in [2.45, 2.75) is 25.8 Å².